The van der Waals surface area contributed by atoms with Crippen molar-refractivity contribution in [1.29, 1.82) is 0 Å². The Balaban J connectivity index is 1.40. The van der Waals surface area contributed by atoms with Crippen LogP contribution >= 0.6 is 23.4 Å². The highest BCUT2D eigenvalue weighted by Crippen LogP contribution is 2.34. The van der Waals surface area contributed by atoms with E-state index >= 15 is 0 Å². The van der Waals surface area contributed by atoms with Crippen molar-refractivity contribution in [3.05, 3.63) is 93.5 Å². The van der Waals surface area contributed by atoms with Crippen LogP contribution in [0.25, 0.3) is 0 Å². The largest absolute Gasteiger partial charge is 0.322 e. The SMILES string of the molecule is O=C(Nc1ccc(SC2CC(=O)N(c3ccc(Cl)cc3)C2=O)cc1)c1cccc([N+](=O)[O-])c1. The first kappa shape index (κ1) is 22.5. The van der Waals surface area contributed by atoms with Gasteiger partial charge in [-0.1, -0.05) is 17.7 Å². The summed E-state index contributed by atoms with van der Waals surface area (Å²) in [5, 5.41) is 13.5. The van der Waals surface area contributed by atoms with Crippen LogP contribution in [0, 0.1) is 10.1 Å². The van der Waals surface area contributed by atoms with Gasteiger partial charge >= 0.3 is 0 Å². The summed E-state index contributed by atoms with van der Waals surface area (Å²) in [6.45, 7) is 0. The normalized spacial score (nSPS) is 15.5. The van der Waals surface area contributed by atoms with Crippen LogP contribution in [-0.4, -0.2) is 27.9 Å². The summed E-state index contributed by atoms with van der Waals surface area (Å²) in [5.74, 6) is -1.05. The molecule has 3 aromatic rings. The number of rotatable bonds is 6. The molecular formula is C23H16ClN3O5S. The number of imide groups is 1. The molecule has 0 aromatic heterocycles. The second kappa shape index (κ2) is 9.43. The second-order valence-corrected chi connectivity index (χ2v) is 8.85. The Hall–Kier alpha value is -3.69. The van der Waals surface area contributed by atoms with E-state index in [4.69, 9.17) is 11.6 Å². The molecule has 1 unspecified atom stereocenters. The van der Waals surface area contributed by atoms with Crippen molar-refractivity contribution < 1.29 is 19.3 Å². The first-order chi connectivity index (χ1) is 15.8. The fourth-order valence-corrected chi connectivity index (χ4v) is 4.48. The zero-order valence-corrected chi connectivity index (χ0v) is 18.5. The van der Waals surface area contributed by atoms with E-state index in [9.17, 15) is 24.5 Å². The number of anilines is 2. The minimum absolute atomic E-state index is 0.0808. The van der Waals surface area contributed by atoms with Gasteiger partial charge in [0.05, 0.1) is 15.9 Å². The minimum Gasteiger partial charge on any atom is -0.322 e. The summed E-state index contributed by atoms with van der Waals surface area (Å²) in [7, 11) is 0. The molecule has 1 heterocycles. The Bertz CT molecular complexity index is 1250. The number of non-ortho nitro benzene ring substituents is 1. The number of amides is 3. The number of carbonyl (C=O) groups is 3. The lowest BCUT2D eigenvalue weighted by Gasteiger charge is -2.15. The Kier molecular flexibility index (Phi) is 6.43. The molecule has 3 amide bonds. The number of carbonyl (C=O) groups excluding carboxylic acids is 3. The minimum atomic E-state index is -0.564. The first-order valence-electron chi connectivity index (χ1n) is 9.77. The predicted octanol–water partition coefficient (Wildman–Crippen LogP) is 4.92. The van der Waals surface area contributed by atoms with E-state index in [1.807, 2.05) is 0 Å². The lowest BCUT2D eigenvalue weighted by Crippen LogP contribution is -2.31. The summed E-state index contributed by atoms with van der Waals surface area (Å²) in [6.07, 6.45) is 0.0808. The van der Waals surface area contributed by atoms with Crippen LogP contribution in [0.5, 0.6) is 0 Å². The zero-order valence-electron chi connectivity index (χ0n) is 16.9. The quantitative estimate of drug-likeness (QED) is 0.304. The van der Waals surface area contributed by atoms with Crippen LogP contribution in [0.4, 0.5) is 17.1 Å². The van der Waals surface area contributed by atoms with Crippen LogP contribution in [0.1, 0.15) is 16.8 Å². The van der Waals surface area contributed by atoms with E-state index in [0.717, 1.165) is 4.90 Å². The van der Waals surface area contributed by atoms with Crippen molar-refractivity contribution in [2.75, 3.05) is 10.2 Å². The molecule has 0 radical (unpaired) electrons. The molecule has 0 bridgehead atoms. The molecule has 1 aliphatic heterocycles. The maximum Gasteiger partial charge on any atom is 0.270 e. The second-order valence-electron chi connectivity index (χ2n) is 7.14. The van der Waals surface area contributed by atoms with Gasteiger partial charge in [-0.25, -0.2) is 4.90 Å². The van der Waals surface area contributed by atoms with Crippen molar-refractivity contribution in [3.63, 3.8) is 0 Å². The molecule has 1 saturated heterocycles. The number of halogens is 1. The van der Waals surface area contributed by atoms with Gasteiger partial charge in [0.2, 0.25) is 11.8 Å². The summed E-state index contributed by atoms with van der Waals surface area (Å²) >= 11 is 7.15. The van der Waals surface area contributed by atoms with Crippen molar-refractivity contribution in [2.24, 2.45) is 0 Å². The number of hydrogen-bond donors (Lipinski definition) is 1. The van der Waals surface area contributed by atoms with E-state index in [1.165, 1.54) is 40.9 Å². The van der Waals surface area contributed by atoms with Gasteiger partial charge in [0.25, 0.3) is 11.6 Å². The highest BCUT2D eigenvalue weighted by atomic mass is 35.5. The van der Waals surface area contributed by atoms with E-state index in [1.54, 1.807) is 48.5 Å². The van der Waals surface area contributed by atoms with Gasteiger partial charge in [-0.3, -0.25) is 24.5 Å². The van der Waals surface area contributed by atoms with Gasteiger partial charge in [0, 0.05) is 39.7 Å². The molecular weight excluding hydrogens is 466 g/mol. The molecule has 4 rings (SSSR count). The number of nitro groups is 1. The molecule has 8 nitrogen and oxygen atoms in total. The summed E-state index contributed by atoms with van der Waals surface area (Å²) in [4.78, 5) is 49.9. The van der Waals surface area contributed by atoms with Crippen molar-refractivity contribution in [3.8, 4) is 0 Å². The Labute approximate surface area is 197 Å². The molecule has 1 N–H and O–H groups in total. The Morgan fingerprint density at radius 2 is 1.76 bits per heavy atom. The Morgan fingerprint density at radius 1 is 1.06 bits per heavy atom. The highest BCUT2D eigenvalue weighted by Gasteiger charge is 2.40. The molecule has 33 heavy (non-hydrogen) atoms. The lowest BCUT2D eigenvalue weighted by atomic mass is 10.2. The molecule has 166 valence electrons. The zero-order chi connectivity index (χ0) is 23.5. The van der Waals surface area contributed by atoms with Crippen molar-refractivity contribution in [1.82, 2.24) is 0 Å². The van der Waals surface area contributed by atoms with E-state index < -0.39 is 16.1 Å². The third-order valence-corrected chi connectivity index (χ3v) is 6.35. The molecule has 3 aromatic carbocycles. The molecule has 1 atom stereocenters. The van der Waals surface area contributed by atoms with Gasteiger partial charge in [0.15, 0.2) is 0 Å². The summed E-state index contributed by atoms with van der Waals surface area (Å²) in [6, 6.07) is 18.7. The fourth-order valence-electron chi connectivity index (χ4n) is 3.30. The maximum absolute atomic E-state index is 12.8. The van der Waals surface area contributed by atoms with Crippen molar-refractivity contribution >= 4 is 58.1 Å². The smallest absolute Gasteiger partial charge is 0.270 e. The molecule has 10 heteroatoms. The predicted molar refractivity (Wildman–Crippen MR) is 126 cm³/mol. The number of nitrogens with zero attached hydrogens (tertiary/aromatic N) is 2. The average molecular weight is 482 g/mol. The van der Waals surface area contributed by atoms with Crippen LogP contribution in [0.15, 0.2) is 77.7 Å². The molecule has 0 spiro atoms. The van der Waals surface area contributed by atoms with Gasteiger partial charge in [-0.05, 0) is 54.6 Å². The van der Waals surface area contributed by atoms with Crippen LogP contribution in [0.2, 0.25) is 5.02 Å². The lowest BCUT2D eigenvalue weighted by molar-refractivity contribution is -0.384. The van der Waals surface area contributed by atoms with Crippen LogP contribution in [0.3, 0.4) is 0 Å². The van der Waals surface area contributed by atoms with Crippen LogP contribution < -0.4 is 10.2 Å². The third kappa shape index (κ3) is 5.05. The summed E-state index contributed by atoms with van der Waals surface area (Å²) in [5.41, 5.74) is 0.974. The number of thioether (sulfide) groups is 1. The molecule has 0 aliphatic carbocycles. The van der Waals surface area contributed by atoms with Gasteiger partial charge in [-0.2, -0.15) is 0 Å². The summed E-state index contributed by atoms with van der Waals surface area (Å²) < 4.78 is 0. The molecule has 1 aliphatic rings. The van der Waals surface area contributed by atoms with Crippen LogP contribution in [-0.2, 0) is 9.59 Å². The standard InChI is InChI=1S/C23H16ClN3O5S/c24-15-4-8-17(9-5-15)26-21(28)13-20(23(26)30)33-19-10-6-16(7-11-19)25-22(29)14-2-1-3-18(12-14)27(31)32/h1-12,20H,13H2,(H,25,29). The van der Waals surface area contributed by atoms with E-state index in [0.29, 0.717) is 16.4 Å². The number of hydrogen-bond acceptors (Lipinski definition) is 6. The van der Waals surface area contributed by atoms with Gasteiger partial charge in [0.1, 0.15) is 0 Å². The topological polar surface area (TPSA) is 110 Å². The van der Waals surface area contributed by atoms with Crippen molar-refractivity contribution in [2.45, 2.75) is 16.6 Å². The van der Waals surface area contributed by atoms with E-state index in [-0.39, 0.29) is 29.5 Å². The Morgan fingerprint density at radius 3 is 2.42 bits per heavy atom. The number of nitro benzene ring substituents is 1. The van der Waals surface area contributed by atoms with Gasteiger partial charge < -0.3 is 5.32 Å². The fraction of sp³-hybridized carbons (Fsp3) is 0.0870. The molecule has 0 saturated carbocycles. The third-order valence-electron chi connectivity index (χ3n) is 4.90. The molecule has 1 fully saturated rings. The maximum atomic E-state index is 12.8. The number of nitrogens with one attached hydrogen (secondary N) is 1. The highest BCUT2D eigenvalue weighted by molar-refractivity contribution is 8.00. The first-order valence-corrected chi connectivity index (χ1v) is 11.0. The average Bonchev–Trinajstić information content (AvgIpc) is 3.08. The number of benzene rings is 3. The monoisotopic (exact) mass is 481 g/mol. The van der Waals surface area contributed by atoms with E-state index in [2.05, 4.69) is 5.32 Å². The van der Waals surface area contributed by atoms with Gasteiger partial charge in [-0.15, -0.1) is 11.8 Å².